The van der Waals surface area contributed by atoms with E-state index in [4.69, 9.17) is 4.74 Å². The number of nitriles is 1. The minimum atomic E-state index is -0.0601. The van der Waals surface area contributed by atoms with Crippen LogP contribution in [-0.4, -0.2) is 59.6 Å². The van der Waals surface area contributed by atoms with Gasteiger partial charge in [-0.25, -0.2) is 4.98 Å². The first kappa shape index (κ1) is 18.8. The Bertz CT molecular complexity index is 1110. The molecule has 4 rings (SSSR count). The molecule has 148 valence electrons. The van der Waals surface area contributed by atoms with Crippen molar-refractivity contribution < 1.29 is 4.74 Å². The van der Waals surface area contributed by atoms with Gasteiger partial charge in [-0.15, -0.1) is 5.10 Å². The molecule has 0 N–H and O–H groups in total. The molecule has 9 nitrogen and oxygen atoms in total. The van der Waals surface area contributed by atoms with E-state index in [1.165, 1.54) is 6.20 Å². The zero-order valence-electron chi connectivity index (χ0n) is 16.2. The summed E-state index contributed by atoms with van der Waals surface area (Å²) in [6, 6.07) is 9.61. The number of piperazine rings is 1. The maximum atomic E-state index is 12.6. The topological polar surface area (TPSA) is 100 Å². The molecule has 1 aliphatic rings. The van der Waals surface area contributed by atoms with Crippen LogP contribution in [0.4, 0.5) is 11.5 Å². The summed E-state index contributed by atoms with van der Waals surface area (Å²) in [6.45, 7) is 3.97. The van der Waals surface area contributed by atoms with Crippen molar-refractivity contribution in [3.05, 3.63) is 52.7 Å². The molecule has 2 aromatic heterocycles. The molecule has 0 radical (unpaired) electrons. The summed E-state index contributed by atoms with van der Waals surface area (Å²) in [4.78, 5) is 21.4. The minimum absolute atomic E-state index is 0.0601. The molecule has 3 heterocycles. The largest absolute Gasteiger partial charge is 0.383 e. The summed E-state index contributed by atoms with van der Waals surface area (Å²) < 4.78 is 6.61. The fourth-order valence-electron chi connectivity index (χ4n) is 3.51. The average molecular weight is 391 g/mol. The maximum Gasteiger partial charge on any atom is 0.261 e. The molecule has 1 fully saturated rings. The fourth-order valence-corrected chi connectivity index (χ4v) is 3.51. The molecule has 1 aliphatic heterocycles. The molecule has 0 amide bonds. The van der Waals surface area contributed by atoms with Gasteiger partial charge in [-0.2, -0.15) is 10.4 Å². The second kappa shape index (κ2) is 8.24. The highest BCUT2D eigenvalue weighted by molar-refractivity contribution is 5.81. The molecule has 0 bridgehead atoms. The van der Waals surface area contributed by atoms with Crippen LogP contribution in [0.1, 0.15) is 5.56 Å². The Morgan fingerprint density at radius 2 is 1.97 bits per heavy atom. The van der Waals surface area contributed by atoms with E-state index in [-0.39, 0.29) is 5.56 Å². The Hall–Kier alpha value is -3.51. The quantitative estimate of drug-likeness (QED) is 0.636. The molecule has 9 heteroatoms. The highest BCUT2D eigenvalue weighted by Crippen LogP contribution is 2.23. The van der Waals surface area contributed by atoms with Crippen molar-refractivity contribution in [2.45, 2.75) is 6.54 Å². The molecule has 29 heavy (non-hydrogen) atoms. The fraction of sp³-hybridized carbons (Fsp3) is 0.350. The summed E-state index contributed by atoms with van der Waals surface area (Å²) in [5.41, 5.74) is 2.19. The third-order valence-corrected chi connectivity index (χ3v) is 5.11. The number of ether oxygens (including phenoxy) is 1. The smallest absolute Gasteiger partial charge is 0.261 e. The van der Waals surface area contributed by atoms with Crippen LogP contribution >= 0.6 is 0 Å². The lowest BCUT2D eigenvalue weighted by atomic mass is 10.2. The Balaban J connectivity index is 1.51. The van der Waals surface area contributed by atoms with Crippen LogP contribution < -0.4 is 15.4 Å². The van der Waals surface area contributed by atoms with Gasteiger partial charge in [-0.05, 0) is 24.3 Å². The summed E-state index contributed by atoms with van der Waals surface area (Å²) in [5, 5.41) is 17.9. The van der Waals surface area contributed by atoms with Crippen molar-refractivity contribution in [2.75, 3.05) is 49.7 Å². The molecule has 0 saturated carbocycles. The number of aromatic nitrogens is 4. The summed E-state index contributed by atoms with van der Waals surface area (Å²) >= 11 is 0. The van der Waals surface area contributed by atoms with Gasteiger partial charge in [-0.1, -0.05) is 0 Å². The Labute approximate surface area is 167 Å². The van der Waals surface area contributed by atoms with E-state index < -0.39 is 0 Å². The number of benzene rings is 1. The van der Waals surface area contributed by atoms with E-state index in [0.717, 1.165) is 31.9 Å². The van der Waals surface area contributed by atoms with Gasteiger partial charge in [0, 0.05) is 39.0 Å². The highest BCUT2D eigenvalue weighted by atomic mass is 16.5. The van der Waals surface area contributed by atoms with Crippen LogP contribution in [0.3, 0.4) is 0 Å². The second-order valence-electron chi connectivity index (χ2n) is 6.79. The Kier molecular flexibility index (Phi) is 5.35. The molecule has 1 saturated heterocycles. The monoisotopic (exact) mass is 391 g/mol. The second-order valence-corrected chi connectivity index (χ2v) is 6.79. The lowest BCUT2D eigenvalue weighted by Crippen LogP contribution is -2.47. The molecule has 0 atom stereocenters. The third kappa shape index (κ3) is 3.75. The Morgan fingerprint density at radius 3 is 2.72 bits per heavy atom. The van der Waals surface area contributed by atoms with Crippen molar-refractivity contribution in [1.82, 2.24) is 19.7 Å². The number of hydrogen-bond acceptors (Lipinski definition) is 8. The van der Waals surface area contributed by atoms with Gasteiger partial charge >= 0.3 is 0 Å². The predicted octanol–water partition coefficient (Wildman–Crippen LogP) is 1.03. The lowest BCUT2D eigenvalue weighted by molar-refractivity contribution is 0.186. The molecule has 0 unspecified atom stereocenters. The predicted molar refractivity (Wildman–Crippen MR) is 109 cm³/mol. The first-order valence-corrected chi connectivity index (χ1v) is 9.41. The zero-order chi connectivity index (χ0) is 20.2. The first-order valence-electron chi connectivity index (χ1n) is 9.41. The van der Waals surface area contributed by atoms with Crippen molar-refractivity contribution in [3.63, 3.8) is 0 Å². The van der Waals surface area contributed by atoms with Crippen molar-refractivity contribution >= 4 is 22.4 Å². The van der Waals surface area contributed by atoms with Crippen LogP contribution in [0.25, 0.3) is 10.9 Å². The van der Waals surface area contributed by atoms with E-state index in [1.54, 1.807) is 24.1 Å². The summed E-state index contributed by atoms with van der Waals surface area (Å²) in [6.07, 6.45) is 3.10. The SMILES string of the molecule is COCCn1cnc2cc(N3CCN(c4nnccc4C#N)CC3)ccc2c1=O. The molecule has 0 aliphatic carbocycles. The number of nitrogens with zero attached hydrogens (tertiary/aromatic N) is 7. The molecular weight excluding hydrogens is 370 g/mol. The van der Waals surface area contributed by atoms with Crippen LogP contribution in [0.5, 0.6) is 0 Å². The van der Waals surface area contributed by atoms with Gasteiger partial charge in [0.1, 0.15) is 6.07 Å². The van der Waals surface area contributed by atoms with Crippen molar-refractivity contribution in [2.24, 2.45) is 0 Å². The molecule has 1 aromatic carbocycles. The first-order chi connectivity index (χ1) is 14.2. The number of fused-ring (bicyclic) bond motifs is 1. The number of methoxy groups -OCH3 is 1. The molecular formula is C20H21N7O2. The van der Waals surface area contributed by atoms with E-state index >= 15 is 0 Å². The highest BCUT2D eigenvalue weighted by Gasteiger charge is 2.21. The van der Waals surface area contributed by atoms with Crippen LogP contribution in [0.15, 0.2) is 41.6 Å². The van der Waals surface area contributed by atoms with Gasteiger partial charge in [-0.3, -0.25) is 9.36 Å². The number of rotatable bonds is 5. The van der Waals surface area contributed by atoms with E-state index in [0.29, 0.717) is 35.4 Å². The molecule has 3 aromatic rings. The third-order valence-electron chi connectivity index (χ3n) is 5.11. The van der Waals surface area contributed by atoms with Crippen LogP contribution in [-0.2, 0) is 11.3 Å². The van der Waals surface area contributed by atoms with Crippen molar-refractivity contribution in [1.29, 1.82) is 5.26 Å². The average Bonchev–Trinajstić information content (AvgIpc) is 2.78. The van der Waals surface area contributed by atoms with Crippen LogP contribution in [0, 0.1) is 11.3 Å². The van der Waals surface area contributed by atoms with Gasteiger partial charge in [0.2, 0.25) is 0 Å². The zero-order valence-corrected chi connectivity index (χ0v) is 16.2. The van der Waals surface area contributed by atoms with E-state index in [9.17, 15) is 10.1 Å². The summed E-state index contributed by atoms with van der Waals surface area (Å²) in [7, 11) is 1.61. The van der Waals surface area contributed by atoms with Gasteiger partial charge in [0.05, 0.1) is 42.1 Å². The number of hydrogen-bond donors (Lipinski definition) is 0. The minimum Gasteiger partial charge on any atom is -0.383 e. The van der Waals surface area contributed by atoms with Crippen LogP contribution in [0.2, 0.25) is 0 Å². The summed E-state index contributed by atoms with van der Waals surface area (Å²) in [5.74, 6) is 0.631. The standard InChI is InChI=1S/C20H21N7O2/c1-29-11-10-27-14-22-18-12-16(2-3-17(18)20(27)28)25-6-8-26(9-7-25)19-15(13-21)4-5-23-24-19/h2-5,12,14H,6-11H2,1H3. The van der Waals surface area contributed by atoms with E-state index in [2.05, 4.69) is 31.1 Å². The normalized spacial score (nSPS) is 14.2. The number of anilines is 2. The van der Waals surface area contributed by atoms with Gasteiger partial charge in [0.25, 0.3) is 5.56 Å². The molecule has 0 spiro atoms. The van der Waals surface area contributed by atoms with E-state index in [1.807, 2.05) is 18.2 Å². The van der Waals surface area contributed by atoms with Crippen molar-refractivity contribution in [3.8, 4) is 6.07 Å². The maximum absolute atomic E-state index is 12.6. The van der Waals surface area contributed by atoms with Gasteiger partial charge in [0.15, 0.2) is 5.82 Å². The lowest BCUT2D eigenvalue weighted by Gasteiger charge is -2.36. The van der Waals surface area contributed by atoms with Gasteiger partial charge < -0.3 is 14.5 Å². The Morgan fingerprint density at radius 1 is 1.17 bits per heavy atom.